The van der Waals surface area contributed by atoms with E-state index in [2.05, 4.69) is 6.58 Å². The Bertz CT molecular complexity index is 232. The maximum atomic E-state index is 11.4. The molecule has 0 aromatic rings. The quantitative estimate of drug-likeness (QED) is 0.661. The van der Waals surface area contributed by atoms with E-state index in [9.17, 15) is 9.90 Å². The van der Waals surface area contributed by atoms with Crippen LogP contribution in [0.3, 0.4) is 0 Å². The second kappa shape index (κ2) is 3.62. The number of Topliss-reactive ketones (excluding diaryl/α,β-unsaturated/α-hetero) is 1. The minimum atomic E-state index is -0.337. The van der Waals surface area contributed by atoms with Gasteiger partial charge >= 0.3 is 0 Å². The standard InChI is InChI=1S/C11H18O2/c1-6(2)9-5-10(13)7(3)11(9)8(4)12/h7,9-11,13H,1,5H2,2-4H3/t7-,9+,10-,11-/m1/s1. The number of carbonyl (C=O) groups excluding carboxylic acids is 1. The molecule has 0 spiro atoms. The second-order valence-corrected chi connectivity index (χ2v) is 4.25. The molecule has 0 aliphatic heterocycles. The van der Waals surface area contributed by atoms with Crippen molar-refractivity contribution in [3.05, 3.63) is 12.2 Å². The van der Waals surface area contributed by atoms with Gasteiger partial charge in [0, 0.05) is 5.92 Å². The Labute approximate surface area is 79.6 Å². The van der Waals surface area contributed by atoms with E-state index < -0.39 is 0 Å². The molecule has 4 atom stereocenters. The summed E-state index contributed by atoms with van der Waals surface area (Å²) in [6, 6.07) is 0. The van der Waals surface area contributed by atoms with Gasteiger partial charge in [-0.3, -0.25) is 4.79 Å². The molecule has 2 heteroatoms. The summed E-state index contributed by atoms with van der Waals surface area (Å²) in [4.78, 5) is 11.4. The summed E-state index contributed by atoms with van der Waals surface area (Å²) in [5.41, 5.74) is 1.02. The van der Waals surface area contributed by atoms with Gasteiger partial charge in [-0.25, -0.2) is 0 Å². The SMILES string of the molecule is C=C(C)[C@@H]1C[C@@H](O)[C@@H](C)[C@@H]1C(C)=O. The van der Waals surface area contributed by atoms with E-state index in [-0.39, 0.29) is 29.6 Å². The third-order valence-corrected chi connectivity index (χ3v) is 3.20. The molecule has 0 bridgehead atoms. The van der Waals surface area contributed by atoms with Crippen molar-refractivity contribution in [3.8, 4) is 0 Å². The predicted octanol–water partition coefficient (Wildman–Crippen LogP) is 1.78. The number of hydrogen-bond donors (Lipinski definition) is 1. The van der Waals surface area contributed by atoms with Crippen LogP contribution in [0, 0.1) is 17.8 Å². The van der Waals surface area contributed by atoms with Crippen LogP contribution >= 0.6 is 0 Å². The number of allylic oxidation sites excluding steroid dienone is 1. The van der Waals surface area contributed by atoms with Crippen LogP contribution in [0.5, 0.6) is 0 Å². The van der Waals surface area contributed by atoms with Crippen LogP contribution in [0.15, 0.2) is 12.2 Å². The largest absolute Gasteiger partial charge is 0.393 e. The van der Waals surface area contributed by atoms with Crippen LogP contribution in [0.4, 0.5) is 0 Å². The molecule has 0 aromatic carbocycles. The fourth-order valence-electron chi connectivity index (χ4n) is 2.39. The number of carbonyl (C=O) groups is 1. The van der Waals surface area contributed by atoms with E-state index >= 15 is 0 Å². The van der Waals surface area contributed by atoms with Gasteiger partial charge in [-0.05, 0) is 32.1 Å². The molecule has 0 radical (unpaired) electrons. The van der Waals surface area contributed by atoms with Gasteiger partial charge in [0.1, 0.15) is 5.78 Å². The van der Waals surface area contributed by atoms with Crippen molar-refractivity contribution >= 4 is 5.78 Å². The fourth-order valence-corrected chi connectivity index (χ4v) is 2.39. The molecule has 0 aromatic heterocycles. The molecule has 1 fully saturated rings. The molecular formula is C11H18O2. The van der Waals surface area contributed by atoms with Gasteiger partial charge in [0.25, 0.3) is 0 Å². The lowest BCUT2D eigenvalue weighted by molar-refractivity contribution is -0.122. The minimum absolute atomic E-state index is 0.0208. The lowest BCUT2D eigenvalue weighted by Gasteiger charge is -2.19. The maximum absolute atomic E-state index is 11.4. The van der Waals surface area contributed by atoms with Gasteiger partial charge in [0.15, 0.2) is 0 Å². The molecule has 0 saturated heterocycles. The van der Waals surface area contributed by atoms with Crippen molar-refractivity contribution in [2.75, 3.05) is 0 Å². The molecule has 2 nitrogen and oxygen atoms in total. The molecule has 1 aliphatic carbocycles. The van der Waals surface area contributed by atoms with Crippen molar-refractivity contribution in [2.45, 2.75) is 33.3 Å². The highest BCUT2D eigenvalue weighted by molar-refractivity contribution is 5.79. The highest BCUT2D eigenvalue weighted by Gasteiger charge is 2.42. The first kappa shape index (κ1) is 10.5. The average molecular weight is 182 g/mol. The normalized spacial score (nSPS) is 39.1. The first-order chi connectivity index (χ1) is 5.95. The minimum Gasteiger partial charge on any atom is -0.393 e. The predicted molar refractivity (Wildman–Crippen MR) is 52.3 cm³/mol. The summed E-state index contributed by atoms with van der Waals surface area (Å²) in [7, 11) is 0. The van der Waals surface area contributed by atoms with E-state index in [1.165, 1.54) is 0 Å². The lowest BCUT2D eigenvalue weighted by Crippen LogP contribution is -2.23. The Morgan fingerprint density at radius 1 is 1.46 bits per heavy atom. The molecule has 74 valence electrons. The zero-order valence-electron chi connectivity index (χ0n) is 8.58. The van der Waals surface area contributed by atoms with Gasteiger partial charge in [-0.2, -0.15) is 0 Å². The lowest BCUT2D eigenvalue weighted by atomic mass is 9.84. The molecule has 13 heavy (non-hydrogen) atoms. The summed E-state index contributed by atoms with van der Waals surface area (Å²) in [5, 5.41) is 9.64. The van der Waals surface area contributed by atoms with Crippen LogP contribution in [-0.2, 0) is 4.79 Å². The van der Waals surface area contributed by atoms with E-state index in [1.807, 2.05) is 13.8 Å². The highest BCUT2D eigenvalue weighted by Crippen LogP contribution is 2.40. The van der Waals surface area contributed by atoms with Crippen molar-refractivity contribution in [2.24, 2.45) is 17.8 Å². The fraction of sp³-hybridized carbons (Fsp3) is 0.727. The molecule has 1 aliphatic rings. The van der Waals surface area contributed by atoms with E-state index in [4.69, 9.17) is 0 Å². The maximum Gasteiger partial charge on any atom is 0.133 e. The number of ketones is 1. The van der Waals surface area contributed by atoms with Gasteiger partial charge in [0.2, 0.25) is 0 Å². The topological polar surface area (TPSA) is 37.3 Å². The average Bonchev–Trinajstić information content (AvgIpc) is 2.28. The Morgan fingerprint density at radius 2 is 2.00 bits per heavy atom. The van der Waals surface area contributed by atoms with E-state index in [0.29, 0.717) is 6.42 Å². The van der Waals surface area contributed by atoms with Gasteiger partial charge in [-0.1, -0.05) is 19.1 Å². The first-order valence-corrected chi connectivity index (χ1v) is 4.79. The zero-order valence-corrected chi connectivity index (χ0v) is 8.58. The van der Waals surface area contributed by atoms with Gasteiger partial charge in [-0.15, -0.1) is 0 Å². The second-order valence-electron chi connectivity index (χ2n) is 4.25. The molecular weight excluding hydrogens is 164 g/mol. The molecule has 1 rings (SSSR count). The van der Waals surface area contributed by atoms with Crippen molar-refractivity contribution in [1.82, 2.24) is 0 Å². The van der Waals surface area contributed by atoms with Gasteiger partial charge < -0.3 is 5.11 Å². The van der Waals surface area contributed by atoms with Crippen LogP contribution in [0.25, 0.3) is 0 Å². The summed E-state index contributed by atoms with van der Waals surface area (Å²) in [5.74, 6) is 0.422. The van der Waals surface area contributed by atoms with E-state index in [1.54, 1.807) is 6.92 Å². The number of rotatable bonds is 2. The molecule has 0 amide bonds. The highest BCUT2D eigenvalue weighted by atomic mass is 16.3. The van der Waals surface area contributed by atoms with Crippen LogP contribution < -0.4 is 0 Å². The number of aliphatic hydroxyl groups excluding tert-OH is 1. The molecule has 1 N–H and O–H groups in total. The smallest absolute Gasteiger partial charge is 0.133 e. The van der Waals surface area contributed by atoms with Crippen molar-refractivity contribution < 1.29 is 9.90 Å². The van der Waals surface area contributed by atoms with E-state index in [0.717, 1.165) is 5.57 Å². The number of aliphatic hydroxyl groups is 1. The summed E-state index contributed by atoms with van der Waals surface area (Å²) in [6.45, 7) is 9.36. The third-order valence-electron chi connectivity index (χ3n) is 3.20. The monoisotopic (exact) mass is 182 g/mol. The Morgan fingerprint density at radius 3 is 2.31 bits per heavy atom. The molecule has 0 heterocycles. The van der Waals surface area contributed by atoms with Crippen LogP contribution in [0.1, 0.15) is 27.2 Å². The number of hydrogen-bond acceptors (Lipinski definition) is 2. The zero-order chi connectivity index (χ0) is 10.2. The summed E-state index contributed by atoms with van der Waals surface area (Å²) < 4.78 is 0. The van der Waals surface area contributed by atoms with Crippen LogP contribution in [-0.4, -0.2) is 17.0 Å². The molecule has 0 unspecified atom stereocenters. The Balaban J connectivity index is 2.86. The summed E-state index contributed by atoms with van der Waals surface area (Å²) >= 11 is 0. The first-order valence-electron chi connectivity index (χ1n) is 4.79. The van der Waals surface area contributed by atoms with Gasteiger partial charge in [0.05, 0.1) is 6.10 Å². The van der Waals surface area contributed by atoms with Crippen molar-refractivity contribution in [1.29, 1.82) is 0 Å². The Hall–Kier alpha value is -0.630. The Kier molecular flexibility index (Phi) is 2.91. The molecule has 1 saturated carbocycles. The summed E-state index contributed by atoms with van der Waals surface area (Å²) in [6.07, 6.45) is 0.358. The van der Waals surface area contributed by atoms with Crippen molar-refractivity contribution in [3.63, 3.8) is 0 Å². The third kappa shape index (κ3) is 1.83. The van der Waals surface area contributed by atoms with Crippen LogP contribution in [0.2, 0.25) is 0 Å².